The summed E-state index contributed by atoms with van der Waals surface area (Å²) in [4.78, 5) is 0. The van der Waals surface area contributed by atoms with Crippen molar-refractivity contribution in [2.75, 3.05) is 0 Å². The molecular weight excluding hydrogens is 156 g/mol. The Kier molecular flexibility index (Phi) is 2.39. The highest BCUT2D eigenvalue weighted by Gasteiger charge is 2.14. The summed E-state index contributed by atoms with van der Waals surface area (Å²) in [6.07, 6.45) is 12.4. The molecule has 0 spiro atoms. The maximum Gasteiger partial charge on any atom is -0.0127 e. The maximum absolute atomic E-state index is 2.43. The quantitative estimate of drug-likeness (QED) is 0.563. The molecule has 0 heteroatoms. The highest BCUT2D eigenvalue weighted by Crippen LogP contribution is 2.32. The number of hydrogen-bond acceptors (Lipinski definition) is 0. The van der Waals surface area contributed by atoms with Crippen LogP contribution >= 0.6 is 0 Å². The molecule has 0 aromatic rings. The zero-order chi connectivity index (χ0) is 9.26. The van der Waals surface area contributed by atoms with Crippen LogP contribution in [0.1, 0.15) is 39.5 Å². The molecule has 70 valence electrons. The van der Waals surface area contributed by atoms with Crippen LogP contribution in [0.5, 0.6) is 0 Å². The van der Waals surface area contributed by atoms with Crippen molar-refractivity contribution in [3.63, 3.8) is 0 Å². The highest BCUT2D eigenvalue weighted by molar-refractivity contribution is 5.47. The van der Waals surface area contributed by atoms with Gasteiger partial charge in [0.25, 0.3) is 0 Å². The Labute approximate surface area is 81.0 Å². The van der Waals surface area contributed by atoms with Crippen LogP contribution in [-0.4, -0.2) is 0 Å². The first kappa shape index (κ1) is 8.80. The second kappa shape index (κ2) is 3.53. The summed E-state index contributed by atoms with van der Waals surface area (Å²) in [7, 11) is 0. The molecule has 0 saturated carbocycles. The van der Waals surface area contributed by atoms with Crippen LogP contribution in [0, 0.1) is 5.92 Å². The Morgan fingerprint density at radius 3 is 2.85 bits per heavy atom. The van der Waals surface area contributed by atoms with Crippen molar-refractivity contribution in [2.45, 2.75) is 39.5 Å². The van der Waals surface area contributed by atoms with Crippen molar-refractivity contribution in [1.82, 2.24) is 0 Å². The van der Waals surface area contributed by atoms with E-state index in [1.54, 1.807) is 11.1 Å². The van der Waals surface area contributed by atoms with Crippen molar-refractivity contribution >= 4 is 0 Å². The number of rotatable bonds is 1. The standard InChI is InChI=1S/C13H18/c1-10(2)12-8-7-11-5-3-4-6-13(11)9-12/h6-7,9-10H,3-5,8H2,1-2H3. The average Bonchev–Trinajstić information content (AvgIpc) is 2.17. The molecule has 0 atom stereocenters. The molecule has 0 aromatic heterocycles. The van der Waals surface area contributed by atoms with E-state index in [0.29, 0.717) is 5.92 Å². The van der Waals surface area contributed by atoms with E-state index in [2.05, 4.69) is 32.1 Å². The first-order valence-corrected chi connectivity index (χ1v) is 5.37. The molecule has 0 amide bonds. The van der Waals surface area contributed by atoms with Gasteiger partial charge in [-0.3, -0.25) is 0 Å². The fraction of sp³-hybridized carbons (Fsp3) is 0.538. The summed E-state index contributed by atoms with van der Waals surface area (Å²) in [6.45, 7) is 4.57. The normalized spacial score (nSPS) is 21.9. The van der Waals surface area contributed by atoms with Gasteiger partial charge in [-0.05, 0) is 42.7 Å². The third-order valence-corrected chi connectivity index (χ3v) is 3.05. The maximum atomic E-state index is 2.43. The molecule has 0 N–H and O–H groups in total. The summed E-state index contributed by atoms with van der Waals surface area (Å²) in [5.41, 5.74) is 4.70. The minimum Gasteiger partial charge on any atom is -0.0770 e. The van der Waals surface area contributed by atoms with Crippen molar-refractivity contribution in [2.24, 2.45) is 5.92 Å². The second-order valence-corrected chi connectivity index (χ2v) is 4.36. The van der Waals surface area contributed by atoms with Gasteiger partial charge in [0.1, 0.15) is 0 Å². The summed E-state index contributed by atoms with van der Waals surface area (Å²) in [5, 5.41) is 0. The van der Waals surface area contributed by atoms with Crippen LogP contribution in [0.15, 0.2) is 34.9 Å². The molecule has 13 heavy (non-hydrogen) atoms. The van der Waals surface area contributed by atoms with Crippen LogP contribution in [0.2, 0.25) is 0 Å². The van der Waals surface area contributed by atoms with Crippen molar-refractivity contribution in [3.05, 3.63) is 34.9 Å². The minimum atomic E-state index is 0.709. The van der Waals surface area contributed by atoms with Gasteiger partial charge < -0.3 is 0 Å². The van der Waals surface area contributed by atoms with Crippen LogP contribution in [0.25, 0.3) is 0 Å². The fourth-order valence-corrected chi connectivity index (χ4v) is 2.10. The van der Waals surface area contributed by atoms with Crippen LogP contribution in [0.4, 0.5) is 0 Å². The fourth-order valence-electron chi connectivity index (χ4n) is 2.10. The van der Waals surface area contributed by atoms with Crippen LogP contribution < -0.4 is 0 Å². The number of fused-ring (bicyclic) bond motifs is 1. The SMILES string of the molecule is CC(C)C1=CC2=CCCCC2=CC1. The topological polar surface area (TPSA) is 0 Å². The lowest BCUT2D eigenvalue weighted by Crippen LogP contribution is -2.04. The smallest absolute Gasteiger partial charge is 0.0127 e. The lowest BCUT2D eigenvalue weighted by Gasteiger charge is -2.22. The van der Waals surface area contributed by atoms with Gasteiger partial charge in [0.05, 0.1) is 0 Å². The summed E-state index contributed by atoms with van der Waals surface area (Å²) >= 11 is 0. The molecule has 0 bridgehead atoms. The van der Waals surface area contributed by atoms with Gasteiger partial charge in [0, 0.05) is 0 Å². The lowest BCUT2D eigenvalue weighted by molar-refractivity contribution is 0.728. The van der Waals surface area contributed by atoms with Gasteiger partial charge >= 0.3 is 0 Å². The Bertz CT molecular complexity index is 287. The zero-order valence-corrected chi connectivity index (χ0v) is 8.64. The van der Waals surface area contributed by atoms with E-state index in [1.807, 2.05) is 0 Å². The first-order chi connectivity index (χ1) is 6.27. The minimum absolute atomic E-state index is 0.709. The number of allylic oxidation sites excluding steroid dienone is 6. The molecule has 0 fully saturated rings. The van der Waals surface area contributed by atoms with Gasteiger partial charge in [-0.2, -0.15) is 0 Å². The summed E-state index contributed by atoms with van der Waals surface area (Å²) < 4.78 is 0. The molecule has 0 nitrogen and oxygen atoms in total. The monoisotopic (exact) mass is 174 g/mol. The van der Waals surface area contributed by atoms with Crippen molar-refractivity contribution in [3.8, 4) is 0 Å². The van der Waals surface area contributed by atoms with Gasteiger partial charge in [-0.1, -0.05) is 37.6 Å². The third-order valence-electron chi connectivity index (χ3n) is 3.05. The molecule has 0 aromatic carbocycles. The number of hydrogen-bond donors (Lipinski definition) is 0. The molecule has 0 saturated heterocycles. The Hall–Kier alpha value is -0.780. The van der Waals surface area contributed by atoms with Gasteiger partial charge in [-0.15, -0.1) is 0 Å². The largest absolute Gasteiger partial charge is 0.0770 e. The Balaban J connectivity index is 2.24. The average molecular weight is 174 g/mol. The summed E-state index contributed by atoms with van der Waals surface area (Å²) in [5.74, 6) is 0.709. The zero-order valence-electron chi connectivity index (χ0n) is 8.64. The van der Waals surface area contributed by atoms with E-state index < -0.39 is 0 Å². The highest BCUT2D eigenvalue weighted by atomic mass is 14.2. The molecule has 2 rings (SSSR count). The van der Waals surface area contributed by atoms with Crippen LogP contribution in [0.3, 0.4) is 0 Å². The van der Waals surface area contributed by atoms with Crippen molar-refractivity contribution < 1.29 is 0 Å². The molecule has 2 aliphatic carbocycles. The van der Waals surface area contributed by atoms with E-state index in [-0.39, 0.29) is 0 Å². The van der Waals surface area contributed by atoms with Gasteiger partial charge in [-0.25, -0.2) is 0 Å². The van der Waals surface area contributed by atoms with Gasteiger partial charge in [0.2, 0.25) is 0 Å². The third kappa shape index (κ3) is 1.77. The molecule has 2 aliphatic rings. The molecule has 0 heterocycles. The van der Waals surface area contributed by atoms with Crippen LogP contribution in [-0.2, 0) is 0 Å². The second-order valence-electron chi connectivity index (χ2n) is 4.36. The van der Waals surface area contributed by atoms with E-state index in [0.717, 1.165) is 0 Å². The molecule has 0 radical (unpaired) electrons. The van der Waals surface area contributed by atoms with E-state index >= 15 is 0 Å². The first-order valence-electron chi connectivity index (χ1n) is 5.37. The molecule has 0 unspecified atom stereocenters. The van der Waals surface area contributed by atoms with E-state index in [4.69, 9.17) is 0 Å². The van der Waals surface area contributed by atoms with Gasteiger partial charge in [0.15, 0.2) is 0 Å². The Morgan fingerprint density at radius 2 is 2.08 bits per heavy atom. The molecule has 0 aliphatic heterocycles. The lowest BCUT2D eigenvalue weighted by atomic mass is 9.84. The Morgan fingerprint density at radius 1 is 1.23 bits per heavy atom. The van der Waals surface area contributed by atoms with Crippen molar-refractivity contribution in [1.29, 1.82) is 0 Å². The van der Waals surface area contributed by atoms with E-state index in [9.17, 15) is 0 Å². The molecular formula is C13H18. The summed E-state index contributed by atoms with van der Waals surface area (Å²) in [6, 6.07) is 0. The predicted molar refractivity (Wildman–Crippen MR) is 57.6 cm³/mol. The predicted octanol–water partition coefficient (Wildman–Crippen LogP) is 4.01. The van der Waals surface area contributed by atoms with E-state index in [1.165, 1.54) is 31.3 Å².